The molecule has 0 saturated heterocycles. The van der Waals surface area contributed by atoms with Crippen molar-refractivity contribution in [3.63, 3.8) is 0 Å². The lowest BCUT2D eigenvalue weighted by molar-refractivity contribution is -0.122. The van der Waals surface area contributed by atoms with Gasteiger partial charge in [0.05, 0.1) is 0 Å². The molecule has 0 amide bonds. The molecule has 0 spiro atoms. The van der Waals surface area contributed by atoms with Gasteiger partial charge in [-0.15, -0.1) is 0 Å². The third-order valence-corrected chi connectivity index (χ3v) is 0.103. The number of aldehydes is 1. The highest BCUT2D eigenvalue weighted by Crippen LogP contribution is 1.80. The van der Waals surface area contributed by atoms with Crippen molar-refractivity contribution >= 4 is 12.8 Å². The molecular formula is C3H4F2O3. The lowest BCUT2D eigenvalue weighted by atomic mass is 10.8. The Morgan fingerprint density at radius 3 is 1.50 bits per heavy atom. The third-order valence-electron chi connectivity index (χ3n) is 0.103. The first-order chi connectivity index (χ1) is 3.68. The number of hydrogen-bond acceptors (Lipinski definition) is 2. The monoisotopic (exact) mass is 126 g/mol. The lowest BCUT2D eigenvalue weighted by Crippen LogP contribution is -1.86. The molecule has 3 nitrogen and oxygen atoms in total. The van der Waals surface area contributed by atoms with Crippen LogP contribution in [0.5, 0.6) is 0 Å². The molecule has 0 aliphatic rings. The fourth-order valence-corrected chi connectivity index (χ4v) is 0. The molecule has 0 heterocycles. The standard InChI is InChI=1S/C2H2F2O.CH2O2/c3-2(4)1-5;2-1-3/h1-2H;1H,(H,2,3). The highest BCUT2D eigenvalue weighted by atomic mass is 19.3. The van der Waals surface area contributed by atoms with Gasteiger partial charge in [-0.1, -0.05) is 0 Å². The largest absolute Gasteiger partial charge is 0.483 e. The van der Waals surface area contributed by atoms with Gasteiger partial charge in [0.25, 0.3) is 12.9 Å². The number of carboxylic acid groups (broad SMARTS) is 1. The second-order valence-electron chi connectivity index (χ2n) is 0.576. The molecule has 0 aliphatic heterocycles. The van der Waals surface area contributed by atoms with E-state index in [2.05, 4.69) is 0 Å². The van der Waals surface area contributed by atoms with Crippen molar-refractivity contribution in [3.05, 3.63) is 0 Å². The number of alkyl halides is 2. The van der Waals surface area contributed by atoms with Gasteiger partial charge in [-0.05, 0) is 0 Å². The minimum Gasteiger partial charge on any atom is -0.483 e. The first kappa shape index (κ1) is 10.1. The van der Waals surface area contributed by atoms with Crippen molar-refractivity contribution < 1.29 is 23.5 Å². The highest BCUT2D eigenvalue weighted by molar-refractivity contribution is 5.53. The van der Waals surface area contributed by atoms with Crippen LogP contribution >= 0.6 is 0 Å². The van der Waals surface area contributed by atoms with E-state index in [0.29, 0.717) is 0 Å². The first-order valence-corrected chi connectivity index (χ1v) is 1.50. The maximum absolute atomic E-state index is 10.4. The van der Waals surface area contributed by atoms with Crippen molar-refractivity contribution in [1.82, 2.24) is 0 Å². The van der Waals surface area contributed by atoms with E-state index in [1.807, 2.05) is 0 Å². The van der Waals surface area contributed by atoms with E-state index in [-0.39, 0.29) is 6.47 Å². The molecule has 0 aromatic carbocycles. The molecule has 1 N–H and O–H groups in total. The van der Waals surface area contributed by atoms with E-state index in [9.17, 15) is 8.78 Å². The summed E-state index contributed by atoms with van der Waals surface area (Å²) in [5.74, 6) is 0. The summed E-state index contributed by atoms with van der Waals surface area (Å²) in [5.41, 5.74) is 0. The molecule has 48 valence electrons. The topological polar surface area (TPSA) is 54.4 Å². The second kappa shape index (κ2) is 9.38. The fraction of sp³-hybridized carbons (Fsp3) is 0.333. The van der Waals surface area contributed by atoms with Crippen molar-refractivity contribution in [3.8, 4) is 0 Å². The molecule has 0 rings (SSSR count). The van der Waals surface area contributed by atoms with E-state index in [1.165, 1.54) is 0 Å². The third kappa shape index (κ3) is 80.0. The summed E-state index contributed by atoms with van der Waals surface area (Å²) in [6.07, 6.45) is -3.21. The molecule has 0 bridgehead atoms. The summed E-state index contributed by atoms with van der Waals surface area (Å²) in [4.78, 5) is 17.1. The van der Waals surface area contributed by atoms with Crippen LogP contribution in [0.25, 0.3) is 0 Å². The van der Waals surface area contributed by atoms with Crippen molar-refractivity contribution in [2.75, 3.05) is 0 Å². The van der Waals surface area contributed by atoms with Crippen LogP contribution in [0.1, 0.15) is 0 Å². The Hall–Kier alpha value is -1.00. The maximum Gasteiger partial charge on any atom is 0.293 e. The number of halogens is 2. The minimum atomic E-state index is -2.80. The minimum absolute atomic E-state index is 0.250. The Morgan fingerprint density at radius 2 is 1.50 bits per heavy atom. The summed E-state index contributed by atoms with van der Waals surface area (Å²) < 4.78 is 20.8. The number of rotatable bonds is 1. The molecule has 8 heavy (non-hydrogen) atoms. The SMILES string of the molecule is O=CC(F)F.O=CO. The molecular weight excluding hydrogens is 122 g/mol. The molecule has 0 atom stereocenters. The number of carbonyl (C=O) groups is 2. The summed E-state index contributed by atoms with van der Waals surface area (Å²) in [6, 6.07) is 0. The zero-order valence-electron chi connectivity index (χ0n) is 3.75. The summed E-state index contributed by atoms with van der Waals surface area (Å²) in [7, 11) is 0. The Morgan fingerprint density at radius 1 is 1.38 bits per heavy atom. The van der Waals surface area contributed by atoms with Crippen molar-refractivity contribution in [1.29, 1.82) is 0 Å². The van der Waals surface area contributed by atoms with Crippen LogP contribution in [-0.4, -0.2) is 24.3 Å². The van der Waals surface area contributed by atoms with E-state index < -0.39 is 12.7 Å². The van der Waals surface area contributed by atoms with Crippen LogP contribution in [0.2, 0.25) is 0 Å². The predicted molar refractivity (Wildman–Crippen MR) is 20.8 cm³/mol. The van der Waals surface area contributed by atoms with Gasteiger partial charge < -0.3 is 5.11 Å². The Labute approximate surface area is 43.9 Å². The van der Waals surface area contributed by atoms with Gasteiger partial charge >= 0.3 is 0 Å². The average molecular weight is 126 g/mol. The van der Waals surface area contributed by atoms with Gasteiger partial charge in [-0.2, -0.15) is 0 Å². The molecule has 0 aromatic rings. The smallest absolute Gasteiger partial charge is 0.293 e. The zero-order chi connectivity index (χ0) is 6.99. The average Bonchev–Trinajstić information content (AvgIpc) is 1.69. The molecule has 0 aromatic heterocycles. The van der Waals surface area contributed by atoms with Gasteiger partial charge in [-0.3, -0.25) is 9.59 Å². The normalized spacial score (nSPS) is 6.88. The molecule has 5 heteroatoms. The molecule has 0 fully saturated rings. The molecule has 0 radical (unpaired) electrons. The Balaban J connectivity index is 0. The summed E-state index contributed by atoms with van der Waals surface area (Å²) in [6.45, 7) is -0.250. The van der Waals surface area contributed by atoms with Crippen molar-refractivity contribution in [2.45, 2.75) is 6.43 Å². The van der Waals surface area contributed by atoms with Gasteiger partial charge in [0, 0.05) is 0 Å². The van der Waals surface area contributed by atoms with Gasteiger partial charge in [-0.25, -0.2) is 8.78 Å². The van der Waals surface area contributed by atoms with Gasteiger partial charge in [0.15, 0.2) is 6.29 Å². The van der Waals surface area contributed by atoms with Crippen LogP contribution in [0, 0.1) is 0 Å². The van der Waals surface area contributed by atoms with E-state index in [1.54, 1.807) is 0 Å². The van der Waals surface area contributed by atoms with Crippen LogP contribution in [0.15, 0.2) is 0 Å². The van der Waals surface area contributed by atoms with E-state index in [4.69, 9.17) is 14.7 Å². The Bertz CT molecular complexity index is 63.5. The summed E-state index contributed by atoms with van der Waals surface area (Å²) in [5, 5.41) is 6.89. The highest BCUT2D eigenvalue weighted by Gasteiger charge is 1.91. The second-order valence-corrected chi connectivity index (χ2v) is 0.576. The van der Waals surface area contributed by atoms with Crippen LogP contribution in [0.4, 0.5) is 8.78 Å². The van der Waals surface area contributed by atoms with Crippen LogP contribution in [-0.2, 0) is 9.59 Å². The lowest BCUT2D eigenvalue weighted by Gasteiger charge is -1.70. The zero-order valence-corrected chi connectivity index (χ0v) is 3.75. The van der Waals surface area contributed by atoms with Gasteiger partial charge in [0.2, 0.25) is 0 Å². The van der Waals surface area contributed by atoms with Crippen LogP contribution < -0.4 is 0 Å². The molecule has 0 aliphatic carbocycles. The van der Waals surface area contributed by atoms with E-state index >= 15 is 0 Å². The molecule has 0 unspecified atom stereocenters. The van der Waals surface area contributed by atoms with Crippen LogP contribution in [0.3, 0.4) is 0 Å². The number of hydrogen-bond donors (Lipinski definition) is 1. The predicted octanol–water partition coefficient (Wildman–Crippen LogP) is 0.151. The maximum atomic E-state index is 10.4. The Kier molecular flexibility index (Phi) is 11.8. The van der Waals surface area contributed by atoms with E-state index in [0.717, 1.165) is 0 Å². The molecule has 0 saturated carbocycles. The summed E-state index contributed by atoms with van der Waals surface area (Å²) >= 11 is 0. The quantitative estimate of drug-likeness (QED) is 0.509. The van der Waals surface area contributed by atoms with Crippen molar-refractivity contribution in [2.24, 2.45) is 0 Å². The number of carbonyl (C=O) groups excluding carboxylic acids is 1. The first-order valence-electron chi connectivity index (χ1n) is 1.50. The fourth-order valence-electron chi connectivity index (χ4n) is 0. The van der Waals surface area contributed by atoms with Gasteiger partial charge in [0.1, 0.15) is 0 Å².